The van der Waals surface area contributed by atoms with Crippen molar-refractivity contribution < 1.29 is 23.7 Å². The first-order chi connectivity index (χ1) is 14.8. The Kier molecular flexibility index (Phi) is 4.69. The van der Waals surface area contributed by atoms with Gasteiger partial charge in [0.05, 0.1) is 0 Å². The van der Waals surface area contributed by atoms with Crippen molar-refractivity contribution in [2.75, 3.05) is 13.4 Å². The Labute approximate surface area is 172 Å². The Hall–Kier alpha value is -4.00. The fourth-order valence-corrected chi connectivity index (χ4v) is 3.27. The molecule has 0 bridgehead atoms. The third kappa shape index (κ3) is 3.65. The van der Waals surface area contributed by atoms with Gasteiger partial charge in [-0.25, -0.2) is 5.43 Å². The van der Waals surface area contributed by atoms with Crippen LogP contribution in [0.5, 0.6) is 23.0 Å². The van der Waals surface area contributed by atoms with Gasteiger partial charge in [0.2, 0.25) is 12.9 Å². The molecule has 2 aliphatic heterocycles. The van der Waals surface area contributed by atoms with Gasteiger partial charge in [-0.3, -0.25) is 4.79 Å². The molecule has 0 spiro atoms. The molecule has 0 aliphatic carbocycles. The maximum Gasteiger partial charge on any atom is 0.284 e. The van der Waals surface area contributed by atoms with Crippen molar-refractivity contribution in [2.45, 2.75) is 6.10 Å². The number of amides is 1. The van der Waals surface area contributed by atoms with E-state index in [4.69, 9.17) is 18.9 Å². The van der Waals surface area contributed by atoms with Crippen LogP contribution >= 0.6 is 0 Å². The van der Waals surface area contributed by atoms with Gasteiger partial charge in [-0.05, 0) is 46.7 Å². The molecule has 0 fully saturated rings. The molecule has 1 atom stereocenters. The highest BCUT2D eigenvalue weighted by Gasteiger charge is 2.27. The van der Waals surface area contributed by atoms with E-state index in [-0.39, 0.29) is 19.3 Å². The number of hydrogen-bond acceptors (Lipinski definition) is 6. The zero-order valence-electron chi connectivity index (χ0n) is 15.9. The minimum absolute atomic E-state index is 0.125. The second-order valence-electron chi connectivity index (χ2n) is 6.79. The topological polar surface area (TPSA) is 78.4 Å². The van der Waals surface area contributed by atoms with Crippen LogP contribution in [0.15, 0.2) is 65.8 Å². The molecule has 0 saturated carbocycles. The number of nitrogens with one attached hydrogen (secondary N) is 1. The molecule has 5 rings (SSSR count). The first-order valence-corrected chi connectivity index (χ1v) is 9.48. The second kappa shape index (κ2) is 7.79. The minimum atomic E-state index is -0.770. The van der Waals surface area contributed by atoms with Crippen LogP contribution in [-0.4, -0.2) is 31.6 Å². The number of carbonyl (C=O) groups excluding carboxylic acids is 1. The molecule has 3 aromatic rings. The molecular formula is C23H18N2O5. The number of fused-ring (bicyclic) bond motifs is 3. The average Bonchev–Trinajstić information content (AvgIpc) is 3.25. The van der Waals surface area contributed by atoms with E-state index in [0.717, 1.165) is 22.1 Å². The normalized spacial score (nSPS) is 17.0. The predicted octanol–water partition coefficient (Wildman–Crippen LogP) is 3.52. The summed E-state index contributed by atoms with van der Waals surface area (Å²) in [5, 5.41) is 6.02. The quantitative estimate of drug-likeness (QED) is 0.534. The third-order valence-electron chi connectivity index (χ3n) is 4.78. The van der Waals surface area contributed by atoms with Crippen molar-refractivity contribution in [1.82, 2.24) is 5.43 Å². The minimum Gasteiger partial charge on any atom is -0.485 e. The molecule has 3 aromatic carbocycles. The summed E-state index contributed by atoms with van der Waals surface area (Å²) >= 11 is 0. The number of benzene rings is 3. The molecule has 0 saturated heterocycles. The van der Waals surface area contributed by atoms with E-state index < -0.39 is 6.10 Å². The molecule has 30 heavy (non-hydrogen) atoms. The van der Waals surface area contributed by atoms with Crippen molar-refractivity contribution in [3.63, 3.8) is 0 Å². The van der Waals surface area contributed by atoms with Crippen molar-refractivity contribution in [3.8, 4) is 23.0 Å². The first kappa shape index (κ1) is 18.1. The first-order valence-electron chi connectivity index (χ1n) is 9.48. The smallest absolute Gasteiger partial charge is 0.284 e. The third-order valence-corrected chi connectivity index (χ3v) is 4.78. The van der Waals surface area contributed by atoms with Crippen molar-refractivity contribution in [3.05, 3.63) is 66.2 Å². The predicted molar refractivity (Wildman–Crippen MR) is 112 cm³/mol. The Balaban J connectivity index is 1.18. The van der Waals surface area contributed by atoms with Gasteiger partial charge in [0.1, 0.15) is 6.61 Å². The molecule has 0 aromatic heterocycles. The number of rotatable bonds is 4. The van der Waals surface area contributed by atoms with Crippen LogP contribution in [-0.2, 0) is 4.79 Å². The van der Waals surface area contributed by atoms with Crippen LogP contribution in [0.1, 0.15) is 5.56 Å². The number of hydrogen-bond donors (Lipinski definition) is 1. The Bertz CT molecular complexity index is 1170. The SMILES string of the molecule is O=C(NN=C/C=C/c1ccc2c(c1)OCO2)C1COc2cc3ccccc3cc2O1. The largest absolute Gasteiger partial charge is 0.485 e. The summed E-state index contributed by atoms with van der Waals surface area (Å²) in [6, 6.07) is 17.3. The van der Waals surface area contributed by atoms with E-state index >= 15 is 0 Å². The zero-order valence-corrected chi connectivity index (χ0v) is 15.9. The van der Waals surface area contributed by atoms with Gasteiger partial charge in [-0.1, -0.05) is 36.4 Å². The summed E-state index contributed by atoms with van der Waals surface area (Å²) < 4.78 is 22.2. The van der Waals surface area contributed by atoms with E-state index in [1.54, 1.807) is 6.08 Å². The maximum atomic E-state index is 12.3. The number of carbonyl (C=O) groups is 1. The monoisotopic (exact) mass is 402 g/mol. The van der Waals surface area contributed by atoms with Gasteiger partial charge < -0.3 is 18.9 Å². The molecule has 7 nitrogen and oxygen atoms in total. The number of nitrogens with zero attached hydrogens (tertiary/aromatic N) is 1. The van der Waals surface area contributed by atoms with Crippen LogP contribution in [0.25, 0.3) is 16.8 Å². The molecule has 0 radical (unpaired) electrons. The summed E-state index contributed by atoms with van der Waals surface area (Å²) in [5.41, 5.74) is 3.41. The summed E-state index contributed by atoms with van der Waals surface area (Å²) in [6.07, 6.45) is 4.29. The number of allylic oxidation sites excluding steroid dienone is 1. The van der Waals surface area contributed by atoms with Crippen molar-refractivity contribution >= 4 is 29.0 Å². The van der Waals surface area contributed by atoms with E-state index in [1.807, 2.05) is 60.7 Å². The Morgan fingerprint density at radius 2 is 1.70 bits per heavy atom. The van der Waals surface area contributed by atoms with E-state index in [9.17, 15) is 4.79 Å². The highest BCUT2D eigenvalue weighted by Crippen LogP contribution is 2.36. The van der Waals surface area contributed by atoms with E-state index in [1.165, 1.54) is 6.21 Å². The lowest BCUT2D eigenvalue weighted by Crippen LogP contribution is -2.42. The lowest BCUT2D eigenvalue weighted by Gasteiger charge is -2.25. The second-order valence-corrected chi connectivity index (χ2v) is 6.79. The zero-order chi connectivity index (χ0) is 20.3. The van der Waals surface area contributed by atoms with Gasteiger partial charge in [0, 0.05) is 6.21 Å². The van der Waals surface area contributed by atoms with Crippen LogP contribution in [0.4, 0.5) is 0 Å². The Morgan fingerprint density at radius 3 is 2.57 bits per heavy atom. The molecule has 1 N–H and O–H groups in total. The lowest BCUT2D eigenvalue weighted by molar-refractivity contribution is -0.130. The molecule has 150 valence electrons. The summed E-state index contributed by atoms with van der Waals surface area (Å²) in [7, 11) is 0. The molecule has 7 heteroatoms. The van der Waals surface area contributed by atoms with E-state index in [0.29, 0.717) is 17.2 Å². The van der Waals surface area contributed by atoms with Crippen LogP contribution in [0.3, 0.4) is 0 Å². The highest BCUT2D eigenvalue weighted by atomic mass is 16.7. The standard InChI is InChI=1S/C23H18N2O5/c26-23(25-24-9-3-4-15-7-8-18-19(10-15)29-14-28-18)22-13-27-20-11-16-5-1-2-6-17(16)12-21(20)30-22/h1-12,22H,13-14H2,(H,25,26)/b4-3+,24-9?. The van der Waals surface area contributed by atoms with Crippen LogP contribution in [0, 0.1) is 0 Å². The van der Waals surface area contributed by atoms with E-state index in [2.05, 4.69) is 10.5 Å². The lowest BCUT2D eigenvalue weighted by atomic mass is 10.1. The van der Waals surface area contributed by atoms with Gasteiger partial charge in [-0.15, -0.1) is 0 Å². The van der Waals surface area contributed by atoms with Gasteiger partial charge in [-0.2, -0.15) is 5.10 Å². The summed E-state index contributed by atoms with van der Waals surface area (Å²) in [6.45, 7) is 0.364. The number of hydrazone groups is 1. The number of ether oxygens (including phenoxy) is 4. The van der Waals surface area contributed by atoms with Crippen LogP contribution in [0.2, 0.25) is 0 Å². The molecule has 2 aliphatic rings. The van der Waals surface area contributed by atoms with Gasteiger partial charge in [0.25, 0.3) is 5.91 Å². The Morgan fingerprint density at radius 1 is 0.933 bits per heavy atom. The maximum absolute atomic E-state index is 12.3. The molecule has 1 amide bonds. The fourth-order valence-electron chi connectivity index (χ4n) is 3.27. The van der Waals surface area contributed by atoms with Crippen LogP contribution < -0.4 is 24.4 Å². The summed E-state index contributed by atoms with van der Waals surface area (Å²) in [5.74, 6) is 2.25. The highest BCUT2D eigenvalue weighted by molar-refractivity contribution is 5.87. The molecular weight excluding hydrogens is 384 g/mol. The summed E-state index contributed by atoms with van der Waals surface area (Å²) in [4.78, 5) is 12.3. The van der Waals surface area contributed by atoms with Crippen molar-refractivity contribution in [2.24, 2.45) is 5.10 Å². The fraction of sp³-hybridized carbons (Fsp3) is 0.130. The van der Waals surface area contributed by atoms with Gasteiger partial charge in [0.15, 0.2) is 23.0 Å². The molecule has 2 heterocycles. The average molecular weight is 402 g/mol. The van der Waals surface area contributed by atoms with Crippen molar-refractivity contribution in [1.29, 1.82) is 0 Å². The van der Waals surface area contributed by atoms with Gasteiger partial charge >= 0.3 is 0 Å². The molecule has 1 unspecified atom stereocenters.